The van der Waals surface area contributed by atoms with Crippen LogP contribution in [0.5, 0.6) is 0 Å². The van der Waals surface area contributed by atoms with E-state index in [0.29, 0.717) is 29.7 Å². The zero-order valence-electron chi connectivity index (χ0n) is 14.2. The molecule has 2 heterocycles. The Labute approximate surface area is 150 Å². The van der Waals surface area contributed by atoms with Crippen LogP contribution in [0.4, 0.5) is 0 Å². The van der Waals surface area contributed by atoms with Gasteiger partial charge in [0.05, 0.1) is 5.75 Å². The van der Waals surface area contributed by atoms with Crippen LogP contribution in [0.3, 0.4) is 0 Å². The fourth-order valence-corrected chi connectivity index (χ4v) is 5.73. The summed E-state index contributed by atoms with van der Waals surface area (Å²) >= 11 is 6.12. The third-order valence-corrected chi connectivity index (χ3v) is 7.47. The fourth-order valence-electron chi connectivity index (χ4n) is 3.85. The summed E-state index contributed by atoms with van der Waals surface area (Å²) in [6.45, 7) is 3.62. The number of hydrogen-bond donors (Lipinski definition) is 0. The summed E-state index contributed by atoms with van der Waals surface area (Å²) in [6.07, 6.45) is 7.13. The van der Waals surface area contributed by atoms with E-state index in [-0.39, 0.29) is 5.75 Å². The number of hydrogen-bond acceptors (Lipinski definition) is 3. The van der Waals surface area contributed by atoms with Gasteiger partial charge in [0.2, 0.25) is 10.0 Å². The first-order valence-corrected chi connectivity index (χ1v) is 11.0. The summed E-state index contributed by atoms with van der Waals surface area (Å²) < 4.78 is 27.1. The third-order valence-electron chi connectivity index (χ3n) is 5.27. The normalized spacial score (nSPS) is 22.4. The van der Waals surface area contributed by atoms with Crippen molar-refractivity contribution in [1.82, 2.24) is 9.21 Å². The van der Waals surface area contributed by atoms with Gasteiger partial charge in [-0.25, -0.2) is 12.7 Å². The van der Waals surface area contributed by atoms with Crippen LogP contribution < -0.4 is 0 Å². The Morgan fingerprint density at radius 3 is 2.21 bits per heavy atom. The number of nitrogens with zero attached hydrogens (tertiary/aromatic N) is 2. The lowest BCUT2D eigenvalue weighted by Gasteiger charge is -2.37. The van der Waals surface area contributed by atoms with E-state index in [1.165, 1.54) is 38.8 Å². The molecule has 2 fully saturated rings. The molecule has 3 rings (SSSR count). The van der Waals surface area contributed by atoms with E-state index in [1.807, 2.05) is 12.1 Å². The van der Waals surface area contributed by atoms with Crippen molar-refractivity contribution in [2.45, 2.75) is 50.3 Å². The van der Waals surface area contributed by atoms with Gasteiger partial charge in [-0.2, -0.15) is 0 Å². The van der Waals surface area contributed by atoms with Crippen LogP contribution in [0.15, 0.2) is 24.3 Å². The molecule has 134 valence electrons. The first kappa shape index (κ1) is 18.2. The van der Waals surface area contributed by atoms with E-state index in [0.717, 1.165) is 12.8 Å². The number of rotatable bonds is 4. The molecule has 0 aromatic heterocycles. The summed E-state index contributed by atoms with van der Waals surface area (Å²) in [5, 5.41) is 0.528. The molecule has 2 saturated heterocycles. The van der Waals surface area contributed by atoms with E-state index in [1.54, 1.807) is 16.4 Å². The molecule has 0 spiro atoms. The number of sulfonamides is 1. The van der Waals surface area contributed by atoms with Gasteiger partial charge in [0.25, 0.3) is 0 Å². The van der Waals surface area contributed by atoms with Crippen LogP contribution in [-0.2, 0) is 15.8 Å². The molecule has 0 saturated carbocycles. The monoisotopic (exact) mass is 370 g/mol. The van der Waals surface area contributed by atoms with Crippen molar-refractivity contribution in [1.29, 1.82) is 0 Å². The SMILES string of the molecule is O=S(=O)(Cc1ccccc1Cl)N1CCC(N2CCCCCC2)CC1. The molecule has 1 aromatic carbocycles. The topological polar surface area (TPSA) is 40.6 Å². The number of halogens is 1. The standard InChI is InChI=1S/C18H27ClN2O2S/c19-18-8-4-3-7-16(18)15-24(22,23)21-13-9-17(10-14-21)20-11-5-1-2-6-12-20/h3-4,7-8,17H,1-2,5-6,9-15H2. The number of benzene rings is 1. The highest BCUT2D eigenvalue weighted by Crippen LogP contribution is 2.25. The summed E-state index contributed by atoms with van der Waals surface area (Å²) in [5.74, 6) is 0.00105. The van der Waals surface area contributed by atoms with Gasteiger partial charge in [-0.15, -0.1) is 0 Å². The molecule has 0 bridgehead atoms. The van der Waals surface area contributed by atoms with Gasteiger partial charge in [0, 0.05) is 24.2 Å². The molecule has 0 atom stereocenters. The fraction of sp³-hybridized carbons (Fsp3) is 0.667. The Morgan fingerprint density at radius 1 is 0.958 bits per heavy atom. The molecule has 6 heteroatoms. The van der Waals surface area contributed by atoms with Crippen molar-refractivity contribution in [3.05, 3.63) is 34.9 Å². The number of piperidine rings is 1. The van der Waals surface area contributed by atoms with Crippen molar-refractivity contribution in [2.75, 3.05) is 26.2 Å². The van der Waals surface area contributed by atoms with E-state index in [2.05, 4.69) is 4.90 Å². The van der Waals surface area contributed by atoms with Crippen molar-refractivity contribution >= 4 is 21.6 Å². The second kappa shape index (κ2) is 8.17. The van der Waals surface area contributed by atoms with Crippen LogP contribution in [-0.4, -0.2) is 49.8 Å². The Hall–Kier alpha value is -0.620. The lowest BCUT2D eigenvalue weighted by molar-refractivity contribution is 0.143. The minimum atomic E-state index is -3.29. The maximum atomic E-state index is 12.7. The van der Waals surface area contributed by atoms with E-state index in [4.69, 9.17) is 11.6 Å². The van der Waals surface area contributed by atoms with Gasteiger partial charge in [-0.05, 0) is 50.4 Å². The van der Waals surface area contributed by atoms with Crippen LogP contribution in [0.25, 0.3) is 0 Å². The lowest BCUT2D eigenvalue weighted by atomic mass is 10.0. The lowest BCUT2D eigenvalue weighted by Crippen LogP contribution is -2.47. The maximum Gasteiger partial charge on any atom is 0.218 e. The van der Waals surface area contributed by atoms with E-state index in [9.17, 15) is 8.42 Å². The van der Waals surface area contributed by atoms with Crippen LogP contribution in [0.1, 0.15) is 44.1 Å². The summed E-state index contributed by atoms with van der Waals surface area (Å²) in [6, 6.07) is 7.75. The maximum absolute atomic E-state index is 12.7. The van der Waals surface area contributed by atoms with Gasteiger partial charge in [-0.3, -0.25) is 0 Å². The molecule has 0 N–H and O–H groups in total. The molecule has 0 unspecified atom stereocenters. The Balaban J connectivity index is 1.58. The highest BCUT2D eigenvalue weighted by atomic mass is 35.5. The zero-order chi connectivity index (χ0) is 17.0. The van der Waals surface area contributed by atoms with E-state index >= 15 is 0 Å². The van der Waals surface area contributed by atoms with Crippen LogP contribution in [0.2, 0.25) is 5.02 Å². The van der Waals surface area contributed by atoms with Gasteiger partial charge in [-0.1, -0.05) is 42.6 Å². The molecule has 2 aliphatic heterocycles. The van der Waals surface area contributed by atoms with Gasteiger partial charge in [0.1, 0.15) is 0 Å². The molecule has 0 amide bonds. The predicted molar refractivity (Wildman–Crippen MR) is 98.7 cm³/mol. The first-order chi connectivity index (χ1) is 11.6. The average molecular weight is 371 g/mol. The second-order valence-electron chi connectivity index (χ2n) is 6.93. The minimum Gasteiger partial charge on any atom is -0.300 e. The largest absolute Gasteiger partial charge is 0.300 e. The second-order valence-corrected chi connectivity index (χ2v) is 9.30. The zero-order valence-corrected chi connectivity index (χ0v) is 15.7. The van der Waals surface area contributed by atoms with Crippen molar-refractivity contribution < 1.29 is 8.42 Å². The van der Waals surface area contributed by atoms with Gasteiger partial charge < -0.3 is 4.90 Å². The molecule has 4 nitrogen and oxygen atoms in total. The molecule has 0 aliphatic carbocycles. The van der Waals surface area contributed by atoms with Crippen molar-refractivity contribution in [2.24, 2.45) is 0 Å². The summed E-state index contributed by atoms with van der Waals surface area (Å²) in [7, 11) is -3.29. The first-order valence-electron chi connectivity index (χ1n) is 9.01. The molecule has 1 aromatic rings. The van der Waals surface area contributed by atoms with Gasteiger partial charge >= 0.3 is 0 Å². The highest BCUT2D eigenvalue weighted by Gasteiger charge is 2.31. The third kappa shape index (κ3) is 4.51. The Bertz CT molecular complexity index is 634. The predicted octanol–water partition coefficient (Wildman–Crippen LogP) is 3.51. The van der Waals surface area contributed by atoms with E-state index < -0.39 is 10.0 Å². The molecular formula is C18H27ClN2O2S. The minimum absolute atomic E-state index is 0.00105. The van der Waals surface area contributed by atoms with Crippen molar-refractivity contribution in [3.8, 4) is 0 Å². The van der Waals surface area contributed by atoms with Crippen molar-refractivity contribution in [3.63, 3.8) is 0 Å². The smallest absolute Gasteiger partial charge is 0.218 e. The van der Waals surface area contributed by atoms with Crippen LogP contribution >= 0.6 is 11.6 Å². The molecule has 24 heavy (non-hydrogen) atoms. The molecule has 0 radical (unpaired) electrons. The Morgan fingerprint density at radius 2 is 1.58 bits per heavy atom. The number of likely N-dealkylation sites (tertiary alicyclic amines) is 1. The van der Waals surface area contributed by atoms with Crippen LogP contribution in [0, 0.1) is 0 Å². The Kier molecular flexibility index (Phi) is 6.19. The average Bonchev–Trinajstić information content (AvgIpc) is 2.86. The van der Waals surface area contributed by atoms with Gasteiger partial charge in [0.15, 0.2) is 0 Å². The summed E-state index contributed by atoms with van der Waals surface area (Å²) in [5.41, 5.74) is 0.689. The molecule has 2 aliphatic rings. The quantitative estimate of drug-likeness (QED) is 0.814. The highest BCUT2D eigenvalue weighted by molar-refractivity contribution is 7.88. The summed E-state index contributed by atoms with van der Waals surface area (Å²) in [4.78, 5) is 2.59. The molecular weight excluding hydrogens is 344 g/mol.